The molecule has 1 fully saturated rings. The number of rotatable bonds is 1. The average molecular weight is 192 g/mol. The fourth-order valence-corrected chi connectivity index (χ4v) is 1.38. The summed E-state index contributed by atoms with van der Waals surface area (Å²) >= 11 is 8.70. The van der Waals surface area contributed by atoms with Crippen LogP contribution in [-0.2, 0) is 0 Å². The monoisotopic (exact) mass is 192 g/mol. The van der Waals surface area contributed by atoms with Gasteiger partial charge in [-0.1, -0.05) is 12.2 Å². The normalized spacial score (nSPS) is 21.6. The molecule has 1 saturated heterocycles. The number of hydrogen-bond acceptors (Lipinski definition) is 3. The smallest absolute Gasteiger partial charge is 0.145 e. The van der Waals surface area contributed by atoms with Crippen LogP contribution in [-0.4, -0.2) is 33.6 Å². The van der Waals surface area contributed by atoms with Crippen molar-refractivity contribution in [3.63, 3.8) is 0 Å². The first-order valence-corrected chi connectivity index (χ1v) is 4.46. The molecule has 0 aromatic heterocycles. The lowest BCUT2D eigenvalue weighted by Crippen LogP contribution is -2.45. The molecule has 11 heavy (non-hydrogen) atoms. The van der Waals surface area contributed by atoms with Crippen molar-refractivity contribution in [1.82, 2.24) is 10.4 Å². The molecule has 0 unspecified atom stereocenters. The second-order valence-electron chi connectivity index (χ2n) is 2.64. The highest BCUT2D eigenvalue weighted by Crippen LogP contribution is 2.07. The molecule has 1 aliphatic rings. The Bertz CT molecular complexity index is 146. The molecule has 0 atom stereocenters. The van der Waals surface area contributed by atoms with Gasteiger partial charge in [0.25, 0.3) is 0 Å². The van der Waals surface area contributed by atoms with Gasteiger partial charge in [-0.25, -0.2) is 5.01 Å². The first-order valence-electron chi connectivity index (χ1n) is 3.61. The molecule has 0 aromatic rings. The van der Waals surface area contributed by atoms with Crippen LogP contribution in [0.15, 0.2) is 0 Å². The van der Waals surface area contributed by atoms with Gasteiger partial charge in [0.2, 0.25) is 0 Å². The van der Waals surface area contributed by atoms with Crippen molar-refractivity contribution in [3.8, 4) is 0 Å². The summed E-state index contributed by atoms with van der Waals surface area (Å²) in [4.78, 5) is 0. The molecule has 0 aromatic carbocycles. The van der Waals surface area contributed by atoms with Crippen LogP contribution in [0.3, 0.4) is 0 Å². The van der Waals surface area contributed by atoms with E-state index in [9.17, 15) is 0 Å². The maximum atomic E-state index is 9.15. The lowest BCUT2D eigenvalue weighted by molar-refractivity contribution is 0.0711. The summed E-state index contributed by atoms with van der Waals surface area (Å²) in [5.41, 5.74) is 2.92. The minimum absolute atomic E-state index is 0.137. The Hall–Kier alpha value is 0.160. The molecule has 0 aliphatic carbocycles. The van der Waals surface area contributed by atoms with E-state index in [4.69, 9.17) is 17.3 Å². The van der Waals surface area contributed by atoms with Gasteiger partial charge >= 0.3 is 0 Å². The van der Waals surface area contributed by atoms with Gasteiger partial charge in [0.05, 0.1) is 6.10 Å². The zero-order valence-electron chi connectivity index (χ0n) is 6.16. The number of thiocarbonyl (C=S) groups is 1. The van der Waals surface area contributed by atoms with E-state index in [1.165, 1.54) is 0 Å². The maximum Gasteiger partial charge on any atom is 0.145 e. The lowest BCUT2D eigenvalue weighted by atomic mass is 10.1. The van der Waals surface area contributed by atoms with E-state index in [1.54, 1.807) is 0 Å². The minimum Gasteiger partial charge on any atom is -0.393 e. The summed E-state index contributed by atoms with van der Waals surface area (Å²) < 4.78 is 0.487. The quantitative estimate of drug-likeness (QED) is 0.409. The first kappa shape index (κ1) is 9.25. The average Bonchev–Trinajstić information content (AvgIpc) is 1.93. The number of hydrogen-bond donors (Lipinski definition) is 3. The highest BCUT2D eigenvalue weighted by Gasteiger charge is 2.16. The molecule has 0 amide bonds. The molecule has 0 bridgehead atoms. The third-order valence-electron chi connectivity index (χ3n) is 1.72. The van der Waals surface area contributed by atoms with Crippen molar-refractivity contribution in [2.75, 3.05) is 13.1 Å². The van der Waals surface area contributed by atoms with Crippen LogP contribution in [0.25, 0.3) is 0 Å². The molecule has 1 heterocycles. The zero-order chi connectivity index (χ0) is 8.27. The van der Waals surface area contributed by atoms with Gasteiger partial charge < -0.3 is 10.5 Å². The molecule has 1 aliphatic heterocycles. The predicted octanol–water partition coefficient (Wildman–Crippen LogP) is 0.162. The number of aliphatic hydroxyl groups is 1. The van der Waals surface area contributed by atoms with Crippen LogP contribution in [0.5, 0.6) is 0 Å². The van der Waals surface area contributed by atoms with Crippen molar-refractivity contribution in [3.05, 3.63) is 0 Å². The van der Waals surface area contributed by atoms with Crippen molar-refractivity contribution in [2.45, 2.75) is 18.9 Å². The lowest BCUT2D eigenvalue weighted by Gasteiger charge is -2.29. The molecular weight excluding hydrogens is 180 g/mol. The van der Waals surface area contributed by atoms with Crippen LogP contribution in [0.4, 0.5) is 0 Å². The third-order valence-corrected chi connectivity index (χ3v) is 1.91. The number of nitrogens with one attached hydrogen (secondary N) is 1. The van der Waals surface area contributed by atoms with Crippen LogP contribution >= 0.6 is 24.8 Å². The second kappa shape index (κ2) is 4.25. The second-order valence-corrected chi connectivity index (χ2v) is 3.79. The van der Waals surface area contributed by atoms with E-state index in [0.29, 0.717) is 4.32 Å². The van der Waals surface area contributed by atoms with Crippen molar-refractivity contribution in [1.29, 1.82) is 0 Å². The number of thiol groups is 1. The Kier molecular flexibility index (Phi) is 3.58. The Morgan fingerprint density at radius 1 is 1.55 bits per heavy atom. The summed E-state index contributed by atoms with van der Waals surface area (Å²) in [6, 6.07) is 0. The molecule has 1 rings (SSSR count). The largest absolute Gasteiger partial charge is 0.393 e. The molecule has 0 saturated carbocycles. The van der Waals surface area contributed by atoms with Gasteiger partial charge in [0.15, 0.2) is 0 Å². The van der Waals surface area contributed by atoms with E-state index in [-0.39, 0.29) is 6.10 Å². The summed E-state index contributed by atoms with van der Waals surface area (Å²) in [6.07, 6.45) is 1.48. The number of aliphatic hydroxyl groups excluding tert-OH is 1. The summed E-state index contributed by atoms with van der Waals surface area (Å²) in [5, 5.41) is 11.1. The topological polar surface area (TPSA) is 35.5 Å². The number of hydrazine groups is 1. The number of piperidine rings is 1. The highest BCUT2D eigenvalue weighted by atomic mass is 32.1. The van der Waals surface area contributed by atoms with Crippen LogP contribution in [0, 0.1) is 0 Å². The fourth-order valence-electron chi connectivity index (χ4n) is 1.11. The summed E-state index contributed by atoms with van der Waals surface area (Å²) in [5.74, 6) is 0. The van der Waals surface area contributed by atoms with E-state index < -0.39 is 0 Å². The van der Waals surface area contributed by atoms with Crippen LogP contribution < -0.4 is 5.43 Å². The molecule has 0 spiro atoms. The Balaban J connectivity index is 2.22. The maximum absolute atomic E-state index is 9.15. The van der Waals surface area contributed by atoms with E-state index in [1.807, 2.05) is 5.01 Å². The van der Waals surface area contributed by atoms with Crippen LogP contribution in [0.1, 0.15) is 12.8 Å². The first-order chi connectivity index (χ1) is 5.18. The Morgan fingerprint density at radius 2 is 2.09 bits per heavy atom. The summed E-state index contributed by atoms with van der Waals surface area (Å²) in [6.45, 7) is 1.67. The number of nitrogens with zero attached hydrogens (tertiary/aromatic N) is 1. The molecule has 2 N–H and O–H groups in total. The SMILES string of the molecule is OC1CCN(NC(=S)S)CC1. The van der Waals surface area contributed by atoms with E-state index in [0.717, 1.165) is 25.9 Å². The minimum atomic E-state index is -0.137. The zero-order valence-corrected chi connectivity index (χ0v) is 7.87. The molecule has 0 radical (unpaired) electrons. The highest BCUT2D eigenvalue weighted by molar-refractivity contribution is 8.11. The van der Waals surface area contributed by atoms with Gasteiger partial charge in [-0.15, -0.1) is 12.6 Å². The fraction of sp³-hybridized carbons (Fsp3) is 0.833. The van der Waals surface area contributed by atoms with Crippen molar-refractivity contribution < 1.29 is 5.11 Å². The molecular formula is C6H12N2OS2. The summed E-state index contributed by atoms with van der Waals surface area (Å²) in [7, 11) is 0. The van der Waals surface area contributed by atoms with E-state index >= 15 is 0 Å². The van der Waals surface area contributed by atoms with Crippen LogP contribution in [0.2, 0.25) is 0 Å². The molecule has 64 valence electrons. The Labute approximate surface area is 77.1 Å². The third kappa shape index (κ3) is 3.37. The van der Waals surface area contributed by atoms with Gasteiger partial charge in [-0.05, 0) is 12.8 Å². The molecule has 3 nitrogen and oxygen atoms in total. The van der Waals surface area contributed by atoms with Gasteiger partial charge in [-0.2, -0.15) is 0 Å². The predicted molar refractivity (Wildman–Crippen MR) is 51.5 cm³/mol. The van der Waals surface area contributed by atoms with Gasteiger partial charge in [0, 0.05) is 13.1 Å². The molecule has 5 heteroatoms. The Morgan fingerprint density at radius 3 is 2.55 bits per heavy atom. The van der Waals surface area contributed by atoms with Gasteiger partial charge in [0.1, 0.15) is 4.32 Å². The van der Waals surface area contributed by atoms with E-state index in [2.05, 4.69) is 18.1 Å². The van der Waals surface area contributed by atoms with Crippen molar-refractivity contribution in [2.24, 2.45) is 0 Å². The standard InChI is InChI=1S/C6H12N2OS2/c9-5-1-3-8(4-2-5)7-6(10)11/h5,9H,1-4H2,(H2,7,10,11). The van der Waals surface area contributed by atoms with Crippen molar-refractivity contribution >= 4 is 29.2 Å². The van der Waals surface area contributed by atoms with Gasteiger partial charge in [-0.3, -0.25) is 0 Å².